The summed E-state index contributed by atoms with van der Waals surface area (Å²) in [7, 11) is 0. The molecule has 0 aromatic heterocycles. The molecule has 0 fully saturated rings. The summed E-state index contributed by atoms with van der Waals surface area (Å²) < 4.78 is 0. The van der Waals surface area contributed by atoms with Gasteiger partial charge in [0.1, 0.15) is 0 Å². The van der Waals surface area contributed by atoms with Crippen LogP contribution in [0.15, 0.2) is 133 Å². The predicted octanol–water partition coefficient (Wildman–Crippen LogP) is 14.6. The van der Waals surface area contributed by atoms with Gasteiger partial charge in [-0.3, -0.25) is 0 Å². The highest BCUT2D eigenvalue weighted by Crippen LogP contribution is 2.44. The van der Waals surface area contributed by atoms with Crippen LogP contribution in [0, 0.1) is 55.4 Å². The molecule has 0 saturated carbocycles. The van der Waals surface area contributed by atoms with Crippen molar-refractivity contribution in [1.29, 1.82) is 0 Å². The van der Waals surface area contributed by atoms with Crippen molar-refractivity contribution in [2.75, 3.05) is 9.80 Å². The van der Waals surface area contributed by atoms with Crippen molar-refractivity contribution in [2.45, 2.75) is 55.4 Å². The minimum absolute atomic E-state index is 1.15. The zero-order valence-corrected chi connectivity index (χ0v) is 31.6. The van der Waals surface area contributed by atoms with Crippen LogP contribution < -0.4 is 9.80 Å². The van der Waals surface area contributed by atoms with E-state index in [1.54, 1.807) is 0 Å². The first-order valence-electron chi connectivity index (χ1n) is 18.3. The van der Waals surface area contributed by atoms with E-state index < -0.39 is 0 Å². The molecule has 0 spiro atoms. The van der Waals surface area contributed by atoms with E-state index in [4.69, 9.17) is 0 Å². The van der Waals surface area contributed by atoms with Gasteiger partial charge in [0.2, 0.25) is 0 Å². The molecule has 0 amide bonds. The molecule has 0 unspecified atom stereocenters. The van der Waals surface area contributed by atoms with Gasteiger partial charge in [-0.15, -0.1) is 0 Å². The van der Waals surface area contributed by atoms with Crippen LogP contribution in [0.5, 0.6) is 0 Å². The van der Waals surface area contributed by atoms with Crippen LogP contribution >= 0.6 is 0 Å². The maximum atomic E-state index is 2.44. The first-order chi connectivity index (χ1) is 25.0. The van der Waals surface area contributed by atoms with Gasteiger partial charge in [-0.25, -0.2) is 0 Å². The molecule has 0 atom stereocenters. The molecule has 8 aromatic carbocycles. The van der Waals surface area contributed by atoms with E-state index in [0.29, 0.717) is 0 Å². The number of hydrogen-bond acceptors (Lipinski definition) is 2. The van der Waals surface area contributed by atoms with Gasteiger partial charge in [0.25, 0.3) is 0 Å². The summed E-state index contributed by atoms with van der Waals surface area (Å²) >= 11 is 0. The number of hydrogen-bond donors (Lipinski definition) is 0. The summed E-state index contributed by atoms with van der Waals surface area (Å²) in [5.74, 6) is 0. The third-order valence-corrected chi connectivity index (χ3v) is 10.7. The van der Waals surface area contributed by atoms with Crippen LogP contribution in [-0.2, 0) is 0 Å². The minimum atomic E-state index is 1.15. The van der Waals surface area contributed by atoms with Gasteiger partial charge >= 0.3 is 0 Å². The monoisotopic (exact) mass is 674 g/mol. The largest absolute Gasteiger partial charge is 0.310 e. The SMILES string of the molecule is Cc1ccc(N(c2ccc3ccc4ccc5ccc(N(c6ccc(C)cc6C)c6ccc(C)cc6C)cc5c4c3c2)c2ccc(C)cc2C)c(C)c1. The predicted molar refractivity (Wildman–Crippen MR) is 226 cm³/mol. The number of aryl methyl sites for hydroxylation is 8. The van der Waals surface area contributed by atoms with Crippen molar-refractivity contribution in [3.63, 3.8) is 0 Å². The Labute approximate surface area is 308 Å². The van der Waals surface area contributed by atoms with Crippen molar-refractivity contribution in [1.82, 2.24) is 0 Å². The Morgan fingerprint density at radius 2 is 0.577 bits per heavy atom. The fourth-order valence-electron chi connectivity index (χ4n) is 8.17. The Kier molecular flexibility index (Phi) is 8.35. The Balaban J connectivity index is 1.40. The summed E-state index contributed by atoms with van der Waals surface area (Å²) in [6.07, 6.45) is 0. The van der Waals surface area contributed by atoms with Crippen LogP contribution in [-0.4, -0.2) is 0 Å². The smallest absolute Gasteiger partial charge is 0.0491 e. The molecule has 256 valence electrons. The zero-order chi connectivity index (χ0) is 36.3. The Morgan fingerprint density at radius 1 is 0.288 bits per heavy atom. The number of rotatable bonds is 6. The average Bonchev–Trinajstić information content (AvgIpc) is 3.11. The summed E-state index contributed by atoms with van der Waals surface area (Å²) in [6.45, 7) is 17.6. The summed E-state index contributed by atoms with van der Waals surface area (Å²) in [5, 5.41) is 7.49. The summed E-state index contributed by atoms with van der Waals surface area (Å²) in [6, 6.07) is 50.2. The highest BCUT2D eigenvalue weighted by molar-refractivity contribution is 6.21. The van der Waals surface area contributed by atoms with Crippen LogP contribution in [0.3, 0.4) is 0 Å². The van der Waals surface area contributed by atoms with Gasteiger partial charge in [-0.1, -0.05) is 107 Å². The molecule has 0 N–H and O–H groups in total. The highest BCUT2D eigenvalue weighted by atomic mass is 15.2. The molecule has 0 saturated heterocycles. The molecular weight excluding hydrogens is 629 g/mol. The molecule has 52 heavy (non-hydrogen) atoms. The van der Waals surface area contributed by atoms with Gasteiger partial charge < -0.3 is 9.80 Å². The van der Waals surface area contributed by atoms with E-state index in [1.165, 1.54) is 99.6 Å². The number of anilines is 6. The fraction of sp³-hybridized carbons (Fsp3) is 0.160. The minimum Gasteiger partial charge on any atom is -0.310 e. The number of fused-ring (bicyclic) bond motifs is 5. The van der Waals surface area contributed by atoms with Crippen molar-refractivity contribution in [2.24, 2.45) is 0 Å². The first-order valence-corrected chi connectivity index (χ1v) is 18.3. The van der Waals surface area contributed by atoms with E-state index in [2.05, 4.69) is 199 Å². The molecule has 0 aliphatic carbocycles. The lowest BCUT2D eigenvalue weighted by Gasteiger charge is -2.30. The van der Waals surface area contributed by atoms with Gasteiger partial charge in [0, 0.05) is 34.1 Å². The standard InChI is InChI=1S/C50H46N2/c1-31-9-21-46(35(5)25-31)51(47-22-10-32(2)26-36(47)6)42-19-17-39-13-15-41-16-14-40-18-20-43(30-45(40)50(41)44(39)29-42)52(48-23-11-33(3)27-37(48)7)49-24-12-34(4)28-38(49)8/h9-30H,1-8H3. The molecule has 2 nitrogen and oxygen atoms in total. The second kappa shape index (κ2) is 13.0. The Morgan fingerprint density at radius 3 is 0.885 bits per heavy atom. The summed E-state index contributed by atoms with van der Waals surface area (Å²) in [4.78, 5) is 4.89. The molecule has 8 rings (SSSR count). The average molecular weight is 675 g/mol. The third-order valence-electron chi connectivity index (χ3n) is 10.7. The molecule has 0 heterocycles. The van der Waals surface area contributed by atoms with Crippen molar-refractivity contribution in [3.8, 4) is 0 Å². The summed E-state index contributed by atoms with van der Waals surface area (Å²) in [5.41, 5.74) is 17.2. The van der Waals surface area contributed by atoms with Crippen LogP contribution in [0.2, 0.25) is 0 Å². The maximum absolute atomic E-state index is 2.44. The molecule has 0 aliphatic heterocycles. The zero-order valence-electron chi connectivity index (χ0n) is 31.6. The van der Waals surface area contributed by atoms with Crippen LogP contribution in [0.4, 0.5) is 34.1 Å². The van der Waals surface area contributed by atoms with Crippen LogP contribution in [0.1, 0.15) is 44.5 Å². The lowest BCUT2D eigenvalue weighted by Crippen LogP contribution is -2.13. The van der Waals surface area contributed by atoms with E-state index in [0.717, 1.165) is 11.4 Å². The fourth-order valence-corrected chi connectivity index (χ4v) is 8.17. The quantitative estimate of drug-likeness (QED) is 0.162. The lowest BCUT2D eigenvalue weighted by atomic mass is 9.95. The molecule has 0 aliphatic rings. The normalized spacial score (nSPS) is 11.5. The van der Waals surface area contributed by atoms with Gasteiger partial charge in [-0.05, 0) is 158 Å². The van der Waals surface area contributed by atoms with E-state index in [9.17, 15) is 0 Å². The second-order valence-electron chi connectivity index (χ2n) is 14.9. The third kappa shape index (κ3) is 5.89. The second-order valence-corrected chi connectivity index (χ2v) is 14.9. The van der Waals surface area contributed by atoms with E-state index in [-0.39, 0.29) is 0 Å². The molecule has 8 aromatic rings. The number of nitrogens with zero attached hydrogens (tertiary/aromatic N) is 2. The van der Waals surface area contributed by atoms with Gasteiger partial charge in [0.15, 0.2) is 0 Å². The molecular formula is C50H46N2. The van der Waals surface area contributed by atoms with Crippen molar-refractivity contribution >= 4 is 66.4 Å². The van der Waals surface area contributed by atoms with E-state index >= 15 is 0 Å². The topological polar surface area (TPSA) is 6.48 Å². The highest BCUT2D eigenvalue weighted by Gasteiger charge is 2.20. The van der Waals surface area contributed by atoms with Crippen molar-refractivity contribution in [3.05, 3.63) is 178 Å². The molecule has 0 bridgehead atoms. The lowest BCUT2D eigenvalue weighted by molar-refractivity contribution is 1.21. The Hall–Kier alpha value is -5.86. The number of benzene rings is 8. The Bertz CT molecular complexity index is 2400. The maximum Gasteiger partial charge on any atom is 0.0491 e. The van der Waals surface area contributed by atoms with Gasteiger partial charge in [0.05, 0.1) is 0 Å². The van der Waals surface area contributed by atoms with Gasteiger partial charge in [-0.2, -0.15) is 0 Å². The van der Waals surface area contributed by atoms with Crippen molar-refractivity contribution < 1.29 is 0 Å². The first kappa shape index (κ1) is 33.3. The molecule has 2 heteroatoms. The van der Waals surface area contributed by atoms with Crippen LogP contribution in [0.25, 0.3) is 32.3 Å². The van der Waals surface area contributed by atoms with E-state index in [1.807, 2.05) is 0 Å². The molecule has 0 radical (unpaired) electrons.